The summed E-state index contributed by atoms with van der Waals surface area (Å²) in [5, 5.41) is 12.3. The van der Waals surface area contributed by atoms with Crippen molar-refractivity contribution in [1.29, 1.82) is 0 Å². The van der Waals surface area contributed by atoms with E-state index in [1.54, 1.807) is 34.8 Å². The number of hydrogen-bond acceptors (Lipinski definition) is 4. The van der Waals surface area contributed by atoms with Gasteiger partial charge in [0.1, 0.15) is 0 Å². The van der Waals surface area contributed by atoms with E-state index in [9.17, 15) is 9.50 Å². The lowest BCUT2D eigenvalue weighted by atomic mass is 10.1. The molecule has 20 heavy (non-hydrogen) atoms. The molecule has 3 aromatic rings. The Bertz CT molecular complexity index is 704. The zero-order chi connectivity index (χ0) is 14.1. The molecule has 0 radical (unpaired) electrons. The van der Waals surface area contributed by atoms with Crippen molar-refractivity contribution in [2.24, 2.45) is 0 Å². The van der Waals surface area contributed by atoms with Crippen LogP contribution in [0.1, 0.15) is 16.5 Å². The van der Waals surface area contributed by atoms with Gasteiger partial charge >= 0.3 is 0 Å². The van der Waals surface area contributed by atoms with Crippen molar-refractivity contribution in [2.75, 3.05) is 7.11 Å². The van der Waals surface area contributed by atoms with Crippen molar-refractivity contribution < 1.29 is 14.2 Å². The smallest absolute Gasteiger partial charge is 0.165 e. The maximum absolute atomic E-state index is 13.6. The van der Waals surface area contributed by atoms with E-state index in [1.165, 1.54) is 22.6 Å². The van der Waals surface area contributed by atoms with Crippen molar-refractivity contribution >= 4 is 32.1 Å². The summed E-state index contributed by atoms with van der Waals surface area (Å²) in [6.07, 6.45) is -0.207. The van der Waals surface area contributed by atoms with Crippen LogP contribution in [0.25, 0.3) is 9.40 Å². The maximum Gasteiger partial charge on any atom is 0.165 e. The van der Waals surface area contributed by atoms with Gasteiger partial charge < -0.3 is 9.84 Å². The van der Waals surface area contributed by atoms with Crippen molar-refractivity contribution in [2.45, 2.75) is 12.5 Å². The molecule has 1 atom stereocenters. The largest absolute Gasteiger partial charge is 0.494 e. The Morgan fingerprint density at radius 3 is 2.80 bits per heavy atom. The molecule has 2 heterocycles. The first-order chi connectivity index (χ1) is 9.67. The molecule has 0 amide bonds. The minimum atomic E-state index is -0.604. The van der Waals surface area contributed by atoms with Crippen LogP contribution in [0.2, 0.25) is 0 Å². The molecule has 1 aromatic carbocycles. The first-order valence-electron chi connectivity index (χ1n) is 6.15. The van der Waals surface area contributed by atoms with Crippen LogP contribution >= 0.6 is 22.7 Å². The fourth-order valence-electron chi connectivity index (χ4n) is 2.11. The molecule has 104 valence electrons. The van der Waals surface area contributed by atoms with E-state index in [0.29, 0.717) is 6.42 Å². The summed E-state index contributed by atoms with van der Waals surface area (Å²) < 4.78 is 20.9. The number of thiophene rings is 2. The second-order valence-corrected chi connectivity index (χ2v) is 6.55. The molecule has 0 aliphatic carbocycles. The highest BCUT2D eigenvalue weighted by molar-refractivity contribution is 7.26. The second kappa shape index (κ2) is 5.52. The molecule has 1 N–H and O–H groups in total. The molecule has 0 saturated heterocycles. The number of ether oxygens (including phenoxy) is 1. The van der Waals surface area contributed by atoms with Crippen LogP contribution in [0.15, 0.2) is 35.7 Å². The molecule has 2 aromatic heterocycles. The summed E-state index contributed by atoms with van der Waals surface area (Å²) >= 11 is 3.25. The van der Waals surface area contributed by atoms with Gasteiger partial charge in [0.2, 0.25) is 0 Å². The van der Waals surface area contributed by atoms with Gasteiger partial charge in [-0.2, -0.15) is 0 Å². The summed E-state index contributed by atoms with van der Waals surface area (Å²) in [5.74, 6) is -0.177. The maximum atomic E-state index is 13.6. The minimum absolute atomic E-state index is 0.222. The molecule has 0 aliphatic heterocycles. The number of methoxy groups -OCH3 is 1. The Kier molecular flexibility index (Phi) is 3.74. The average molecular weight is 308 g/mol. The van der Waals surface area contributed by atoms with Gasteiger partial charge in [-0.1, -0.05) is 6.07 Å². The second-order valence-electron chi connectivity index (χ2n) is 4.49. The molecule has 2 nitrogen and oxygen atoms in total. The fraction of sp³-hybridized carbons (Fsp3) is 0.200. The molecule has 0 spiro atoms. The lowest BCUT2D eigenvalue weighted by Gasteiger charge is -2.09. The van der Waals surface area contributed by atoms with E-state index in [4.69, 9.17) is 4.74 Å². The number of aliphatic hydroxyl groups is 1. The molecule has 0 saturated carbocycles. The van der Waals surface area contributed by atoms with E-state index in [-0.39, 0.29) is 5.75 Å². The van der Waals surface area contributed by atoms with Gasteiger partial charge in [0, 0.05) is 20.7 Å². The topological polar surface area (TPSA) is 29.5 Å². The number of benzene rings is 1. The van der Waals surface area contributed by atoms with E-state index >= 15 is 0 Å². The third kappa shape index (κ3) is 2.57. The Labute approximate surface area is 124 Å². The highest BCUT2D eigenvalue weighted by Crippen LogP contribution is 2.34. The van der Waals surface area contributed by atoms with Gasteiger partial charge in [-0.3, -0.25) is 0 Å². The van der Waals surface area contributed by atoms with Crippen molar-refractivity contribution in [3.8, 4) is 5.75 Å². The molecule has 3 rings (SSSR count). The summed E-state index contributed by atoms with van der Waals surface area (Å²) in [7, 11) is 1.44. The molecule has 0 bridgehead atoms. The van der Waals surface area contributed by atoms with E-state index < -0.39 is 11.9 Å². The molecule has 1 unspecified atom stereocenters. The standard InChI is InChI=1S/C15H13FO2S2/c1-18-12-3-2-9(6-10(12)16)7-11(17)14-8-15-13(20-14)4-5-19-15/h2-6,8,11,17H,7H2,1H3. The Morgan fingerprint density at radius 2 is 2.10 bits per heavy atom. The molecule has 5 heteroatoms. The third-order valence-electron chi connectivity index (χ3n) is 3.13. The Balaban J connectivity index is 1.79. The van der Waals surface area contributed by atoms with Crippen molar-refractivity contribution in [3.63, 3.8) is 0 Å². The van der Waals surface area contributed by atoms with Crippen LogP contribution in [0.5, 0.6) is 5.75 Å². The predicted octanol–water partition coefficient (Wildman–Crippen LogP) is 4.39. The summed E-state index contributed by atoms with van der Waals surface area (Å²) in [6, 6.07) is 8.84. The average Bonchev–Trinajstić information content (AvgIpc) is 2.99. The number of halogens is 1. The lowest BCUT2D eigenvalue weighted by Crippen LogP contribution is -2.00. The highest BCUT2D eigenvalue weighted by atomic mass is 32.1. The van der Waals surface area contributed by atoms with Gasteiger partial charge in [-0.25, -0.2) is 4.39 Å². The van der Waals surface area contributed by atoms with E-state index in [1.807, 2.05) is 17.5 Å². The van der Waals surface area contributed by atoms with Crippen LogP contribution in [0.3, 0.4) is 0 Å². The number of fused-ring (bicyclic) bond motifs is 1. The number of hydrogen-bond donors (Lipinski definition) is 1. The molecular formula is C15H13FO2S2. The number of aliphatic hydroxyl groups excluding tert-OH is 1. The van der Waals surface area contributed by atoms with Crippen molar-refractivity contribution in [1.82, 2.24) is 0 Å². The normalized spacial score (nSPS) is 12.8. The van der Waals surface area contributed by atoms with Gasteiger partial charge in [0.05, 0.1) is 13.2 Å². The van der Waals surface area contributed by atoms with Gasteiger partial charge in [-0.05, 0) is 35.2 Å². The predicted molar refractivity (Wildman–Crippen MR) is 81.3 cm³/mol. The van der Waals surface area contributed by atoms with Crippen LogP contribution < -0.4 is 4.74 Å². The molecule has 0 fully saturated rings. The molecule has 0 aliphatic rings. The molecular weight excluding hydrogens is 295 g/mol. The van der Waals surface area contributed by atoms with Gasteiger partial charge in [-0.15, -0.1) is 22.7 Å². The van der Waals surface area contributed by atoms with Crippen LogP contribution in [0, 0.1) is 5.82 Å². The van der Waals surface area contributed by atoms with E-state index in [2.05, 4.69) is 0 Å². The first-order valence-corrected chi connectivity index (χ1v) is 7.84. The minimum Gasteiger partial charge on any atom is -0.494 e. The van der Waals surface area contributed by atoms with Crippen LogP contribution in [-0.2, 0) is 6.42 Å². The summed E-state index contributed by atoms with van der Waals surface area (Å²) in [4.78, 5) is 0.920. The van der Waals surface area contributed by atoms with E-state index in [0.717, 1.165) is 10.4 Å². The Hall–Kier alpha value is -1.43. The van der Waals surface area contributed by atoms with Gasteiger partial charge in [0.15, 0.2) is 11.6 Å². The SMILES string of the molecule is COc1ccc(CC(O)c2cc3sccc3s2)cc1F. The summed E-state index contributed by atoms with van der Waals surface area (Å²) in [5.41, 5.74) is 0.757. The quantitative estimate of drug-likeness (QED) is 0.774. The van der Waals surface area contributed by atoms with Crippen LogP contribution in [0.4, 0.5) is 4.39 Å². The monoisotopic (exact) mass is 308 g/mol. The third-order valence-corrected chi connectivity index (χ3v) is 5.33. The van der Waals surface area contributed by atoms with Crippen LogP contribution in [-0.4, -0.2) is 12.2 Å². The zero-order valence-electron chi connectivity index (χ0n) is 10.8. The number of rotatable bonds is 4. The van der Waals surface area contributed by atoms with Crippen molar-refractivity contribution in [3.05, 3.63) is 52.0 Å². The van der Waals surface area contributed by atoms with Gasteiger partial charge in [0.25, 0.3) is 0 Å². The highest BCUT2D eigenvalue weighted by Gasteiger charge is 2.14. The lowest BCUT2D eigenvalue weighted by molar-refractivity contribution is 0.182. The Morgan fingerprint density at radius 1 is 1.25 bits per heavy atom. The zero-order valence-corrected chi connectivity index (χ0v) is 12.4. The first kappa shape index (κ1) is 13.5. The fourth-order valence-corrected chi connectivity index (χ4v) is 4.22. The summed E-state index contributed by atoms with van der Waals surface area (Å²) in [6.45, 7) is 0.